The molecule has 0 N–H and O–H groups in total. The summed E-state index contributed by atoms with van der Waals surface area (Å²) in [7, 11) is 0.486. The van der Waals surface area contributed by atoms with Crippen LogP contribution >= 0.6 is 0 Å². The van der Waals surface area contributed by atoms with Gasteiger partial charge >= 0.3 is 0 Å². The molecule has 74 valence electrons. The van der Waals surface area contributed by atoms with Gasteiger partial charge in [0.2, 0.25) is 0 Å². The summed E-state index contributed by atoms with van der Waals surface area (Å²) in [6.45, 7) is 0.833. The number of hydrogen-bond acceptors (Lipinski definition) is 1. The van der Waals surface area contributed by atoms with Crippen molar-refractivity contribution in [2.24, 2.45) is 0 Å². The lowest BCUT2D eigenvalue weighted by Crippen LogP contribution is -3.00. The molecule has 0 unspecified atom stereocenters. The molecule has 3 heteroatoms. The van der Waals surface area contributed by atoms with Crippen molar-refractivity contribution in [2.75, 3.05) is 24.9 Å². The number of benzene rings is 1. The summed E-state index contributed by atoms with van der Waals surface area (Å²) in [5.74, 6) is 2.12. The third-order valence-electron chi connectivity index (χ3n) is 1.50. The zero-order valence-electron chi connectivity index (χ0n) is 8.00. The van der Waals surface area contributed by atoms with Gasteiger partial charge in [0.05, 0.1) is 12.5 Å². The van der Waals surface area contributed by atoms with Crippen LogP contribution in [0.15, 0.2) is 30.3 Å². The summed E-state index contributed by atoms with van der Waals surface area (Å²) < 4.78 is 5.52. The molecular weight excluding hydrogens is 204 g/mol. The van der Waals surface area contributed by atoms with Gasteiger partial charge in [-0.1, -0.05) is 18.2 Å². The molecule has 0 atom stereocenters. The van der Waals surface area contributed by atoms with Gasteiger partial charge < -0.3 is 17.1 Å². The molecule has 0 aliphatic rings. The van der Waals surface area contributed by atoms with Gasteiger partial charge in [0.25, 0.3) is 0 Å². The number of ether oxygens (including phenoxy) is 1. The van der Waals surface area contributed by atoms with Crippen LogP contribution in [0.25, 0.3) is 0 Å². The van der Waals surface area contributed by atoms with Gasteiger partial charge in [-0.15, -0.1) is 0 Å². The minimum Gasteiger partial charge on any atom is -1.00 e. The van der Waals surface area contributed by atoms with Crippen LogP contribution in [0.1, 0.15) is 0 Å². The van der Waals surface area contributed by atoms with E-state index >= 15 is 0 Å². The summed E-state index contributed by atoms with van der Waals surface area (Å²) in [5.41, 5.74) is 0. The first-order chi connectivity index (χ1) is 5.79. The molecule has 0 radical (unpaired) electrons. The fourth-order valence-electron chi connectivity index (χ4n) is 0.843. The molecule has 0 heterocycles. The highest BCUT2D eigenvalue weighted by molar-refractivity contribution is 7.95. The minimum atomic E-state index is 0. The maximum Gasteiger partial charge on any atom is 0.141 e. The van der Waals surface area contributed by atoms with Crippen molar-refractivity contribution in [1.29, 1.82) is 0 Å². The van der Waals surface area contributed by atoms with Crippen LogP contribution in [0.5, 0.6) is 5.75 Å². The van der Waals surface area contributed by atoms with Crippen molar-refractivity contribution >= 4 is 10.9 Å². The summed E-state index contributed by atoms with van der Waals surface area (Å²) in [6, 6.07) is 9.96. The fraction of sp³-hybridized carbons (Fsp3) is 0.400. The molecule has 13 heavy (non-hydrogen) atoms. The van der Waals surface area contributed by atoms with Crippen LogP contribution in [-0.4, -0.2) is 24.9 Å². The summed E-state index contributed by atoms with van der Waals surface area (Å²) in [5, 5.41) is 0. The van der Waals surface area contributed by atoms with E-state index in [0.29, 0.717) is 10.9 Å². The average molecular weight is 219 g/mol. The Hall–Kier alpha value is -0.340. The highest BCUT2D eigenvalue weighted by Gasteiger charge is 2.01. The Morgan fingerprint density at radius 3 is 2.31 bits per heavy atom. The normalized spacial score (nSPS) is 9.46. The Bertz CT molecular complexity index is 213. The molecule has 0 spiro atoms. The molecule has 0 aliphatic heterocycles. The molecule has 1 aromatic rings. The van der Waals surface area contributed by atoms with Crippen molar-refractivity contribution in [3.05, 3.63) is 30.3 Å². The zero-order valence-corrected chi connectivity index (χ0v) is 9.57. The smallest absolute Gasteiger partial charge is 0.141 e. The third kappa shape index (κ3) is 5.83. The Kier molecular flexibility index (Phi) is 6.92. The second-order valence-corrected chi connectivity index (χ2v) is 5.23. The Labute approximate surface area is 89.2 Å². The van der Waals surface area contributed by atoms with Crippen molar-refractivity contribution < 1.29 is 17.1 Å². The predicted molar refractivity (Wildman–Crippen MR) is 56.0 cm³/mol. The van der Waals surface area contributed by atoms with E-state index in [1.165, 1.54) is 0 Å². The first-order valence-corrected chi connectivity index (χ1v) is 6.22. The minimum absolute atomic E-state index is 0. The summed E-state index contributed by atoms with van der Waals surface area (Å²) >= 11 is 0. The third-order valence-corrected chi connectivity index (χ3v) is 2.49. The Balaban J connectivity index is 0.00000144. The first kappa shape index (κ1) is 12.7. The molecule has 1 rings (SSSR count). The van der Waals surface area contributed by atoms with Crippen LogP contribution in [0, 0.1) is 0 Å². The first-order valence-electron chi connectivity index (χ1n) is 4.01. The van der Waals surface area contributed by atoms with Crippen molar-refractivity contribution in [1.82, 2.24) is 0 Å². The fourth-order valence-corrected chi connectivity index (χ4v) is 1.26. The van der Waals surface area contributed by atoms with Crippen molar-refractivity contribution in [3.63, 3.8) is 0 Å². The lowest BCUT2D eigenvalue weighted by molar-refractivity contribution is -0.00000311. The van der Waals surface area contributed by atoms with Crippen LogP contribution in [0.4, 0.5) is 0 Å². The molecule has 0 aromatic heterocycles. The molecule has 0 amide bonds. The number of halogens is 1. The quantitative estimate of drug-likeness (QED) is 0.586. The van der Waals surface area contributed by atoms with Crippen LogP contribution in [0.3, 0.4) is 0 Å². The van der Waals surface area contributed by atoms with Gasteiger partial charge in [0.1, 0.15) is 18.1 Å². The van der Waals surface area contributed by atoms with Crippen LogP contribution in [-0.2, 0) is 10.9 Å². The summed E-state index contributed by atoms with van der Waals surface area (Å²) in [4.78, 5) is 0. The van der Waals surface area contributed by atoms with Crippen molar-refractivity contribution in [2.45, 2.75) is 0 Å². The van der Waals surface area contributed by atoms with Crippen LogP contribution in [0.2, 0.25) is 0 Å². The zero-order chi connectivity index (χ0) is 8.81. The van der Waals surface area contributed by atoms with E-state index in [1.54, 1.807) is 0 Å². The van der Waals surface area contributed by atoms with E-state index in [9.17, 15) is 0 Å². The molecular formula is C10H15ClOS. The second kappa shape index (κ2) is 7.10. The number of para-hydroxylation sites is 1. The SMILES string of the molecule is C[S+](C)CCOc1ccccc1.[Cl-]. The maximum atomic E-state index is 5.52. The molecule has 0 saturated heterocycles. The molecule has 1 nitrogen and oxygen atoms in total. The number of hydrogen-bond donors (Lipinski definition) is 0. The van der Waals surface area contributed by atoms with Gasteiger partial charge in [-0.05, 0) is 23.0 Å². The Morgan fingerprint density at radius 2 is 1.77 bits per heavy atom. The van der Waals surface area contributed by atoms with Crippen LogP contribution < -0.4 is 17.1 Å². The van der Waals surface area contributed by atoms with E-state index in [0.717, 1.165) is 18.1 Å². The number of rotatable bonds is 4. The lowest BCUT2D eigenvalue weighted by Gasteiger charge is -2.03. The second-order valence-electron chi connectivity index (χ2n) is 2.85. The molecule has 0 fully saturated rings. The molecule has 0 bridgehead atoms. The van der Waals surface area contributed by atoms with E-state index in [-0.39, 0.29) is 12.4 Å². The highest BCUT2D eigenvalue weighted by Crippen LogP contribution is 2.07. The van der Waals surface area contributed by atoms with E-state index < -0.39 is 0 Å². The van der Waals surface area contributed by atoms with Crippen molar-refractivity contribution in [3.8, 4) is 5.75 Å². The topological polar surface area (TPSA) is 9.23 Å². The molecule has 0 saturated carbocycles. The van der Waals surface area contributed by atoms with Gasteiger partial charge in [0, 0.05) is 0 Å². The van der Waals surface area contributed by atoms with Gasteiger partial charge in [-0.25, -0.2) is 0 Å². The van der Waals surface area contributed by atoms with E-state index in [2.05, 4.69) is 12.5 Å². The van der Waals surface area contributed by atoms with Gasteiger partial charge in [-0.3, -0.25) is 0 Å². The monoisotopic (exact) mass is 218 g/mol. The van der Waals surface area contributed by atoms with Gasteiger partial charge in [0.15, 0.2) is 0 Å². The highest BCUT2D eigenvalue weighted by atomic mass is 35.5. The summed E-state index contributed by atoms with van der Waals surface area (Å²) in [6.07, 6.45) is 4.46. The largest absolute Gasteiger partial charge is 1.00 e. The molecule has 0 aliphatic carbocycles. The average Bonchev–Trinajstić information content (AvgIpc) is 2.05. The van der Waals surface area contributed by atoms with E-state index in [4.69, 9.17) is 4.74 Å². The van der Waals surface area contributed by atoms with E-state index in [1.807, 2.05) is 30.3 Å². The molecule has 1 aromatic carbocycles. The lowest BCUT2D eigenvalue weighted by atomic mass is 10.3. The predicted octanol–water partition coefficient (Wildman–Crippen LogP) is -1.05. The standard InChI is InChI=1S/C10H15OS.ClH/c1-12(2)9-8-11-10-6-4-3-5-7-10;/h3-7H,8-9H2,1-2H3;1H/q+1;/p-1. The van der Waals surface area contributed by atoms with Gasteiger partial charge in [-0.2, -0.15) is 0 Å². The Morgan fingerprint density at radius 1 is 1.15 bits per heavy atom. The maximum absolute atomic E-state index is 5.52.